The summed E-state index contributed by atoms with van der Waals surface area (Å²) in [6.07, 6.45) is 4.02. The largest absolute Gasteiger partial charge is 0.338 e. The van der Waals surface area contributed by atoms with E-state index >= 15 is 0 Å². The number of imidazole rings is 2. The van der Waals surface area contributed by atoms with E-state index in [4.69, 9.17) is 0 Å². The van der Waals surface area contributed by atoms with Crippen molar-refractivity contribution in [1.82, 2.24) is 24.0 Å². The van der Waals surface area contributed by atoms with E-state index in [0.29, 0.717) is 0 Å². The monoisotopic (exact) mass is 283 g/mol. The number of aromatic nitrogens is 4. The molecule has 0 N–H and O–H groups in total. The summed E-state index contributed by atoms with van der Waals surface area (Å²) < 4.78 is 4.27. The van der Waals surface area contributed by atoms with Gasteiger partial charge in [-0.25, -0.2) is 9.97 Å². The molecule has 0 aliphatic rings. The number of para-hydroxylation sites is 2. The van der Waals surface area contributed by atoms with E-state index in [9.17, 15) is 0 Å². The Morgan fingerprint density at radius 2 is 2.05 bits per heavy atom. The van der Waals surface area contributed by atoms with E-state index < -0.39 is 0 Å². The van der Waals surface area contributed by atoms with Crippen molar-refractivity contribution in [3.63, 3.8) is 0 Å². The van der Waals surface area contributed by atoms with Crippen LogP contribution in [-0.4, -0.2) is 37.6 Å². The summed E-state index contributed by atoms with van der Waals surface area (Å²) in [4.78, 5) is 11.3. The molecule has 0 fully saturated rings. The second kappa shape index (κ2) is 5.69. The van der Waals surface area contributed by atoms with Gasteiger partial charge in [0.05, 0.1) is 23.1 Å². The van der Waals surface area contributed by atoms with Gasteiger partial charge in [-0.3, -0.25) is 4.90 Å². The molecule has 3 rings (SSSR count). The third-order valence-corrected chi connectivity index (χ3v) is 3.84. The van der Waals surface area contributed by atoms with Crippen LogP contribution < -0.4 is 0 Å². The van der Waals surface area contributed by atoms with Gasteiger partial charge in [0.2, 0.25) is 0 Å². The Morgan fingerprint density at radius 1 is 1.24 bits per heavy atom. The molecule has 0 saturated carbocycles. The van der Waals surface area contributed by atoms with Crippen LogP contribution in [-0.2, 0) is 20.1 Å². The average molecular weight is 283 g/mol. The zero-order valence-electron chi connectivity index (χ0n) is 12.8. The second-order valence-corrected chi connectivity index (χ2v) is 5.55. The molecule has 3 aromatic rings. The van der Waals surface area contributed by atoms with Gasteiger partial charge in [-0.2, -0.15) is 0 Å². The Balaban J connectivity index is 1.62. The topological polar surface area (TPSA) is 38.9 Å². The van der Waals surface area contributed by atoms with Crippen molar-refractivity contribution in [3.8, 4) is 0 Å². The molecular weight excluding hydrogens is 262 g/mol. The highest BCUT2D eigenvalue weighted by atomic mass is 15.2. The maximum absolute atomic E-state index is 4.55. The molecule has 5 nitrogen and oxygen atoms in total. The standard InChI is InChI=1S/C16H21N5/c1-13-18-14(11-20(13)3)10-19(2)8-9-21-12-17-15-6-4-5-7-16(15)21/h4-7,11-12H,8-10H2,1-3H3. The van der Waals surface area contributed by atoms with Crippen LogP contribution in [0, 0.1) is 6.92 Å². The minimum Gasteiger partial charge on any atom is -0.338 e. The number of fused-ring (bicyclic) bond motifs is 1. The van der Waals surface area contributed by atoms with Crippen LogP contribution in [0.4, 0.5) is 0 Å². The SMILES string of the molecule is Cc1nc(CN(C)CCn2cnc3ccccc32)cn1C. The van der Waals surface area contributed by atoms with Crippen LogP contribution in [0.5, 0.6) is 0 Å². The lowest BCUT2D eigenvalue weighted by molar-refractivity contribution is 0.310. The number of hydrogen-bond donors (Lipinski definition) is 0. The fraction of sp³-hybridized carbons (Fsp3) is 0.375. The molecule has 5 heteroatoms. The van der Waals surface area contributed by atoms with Crippen molar-refractivity contribution in [2.45, 2.75) is 20.0 Å². The summed E-state index contributed by atoms with van der Waals surface area (Å²) in [5.74, 6) is 1.05. The van der Waals surface area contributed by atoms with Gasteiger partial charge in [-0.05, 0) is 26.1 Å². The zero-order valence-corrected chi connectivity index (χ0v) is 12.8. The van der Waals surface area contributed by atoms with E-state index in [1.807, 2.05) is 32.4 Å². The van der Waals surface area contributed by atoms with E-state index in [1.54, 1.807) is 0 Å². The van der Waals surface area contributed by atoms with Gasteiger partial charge < -0.3 is 9.13 Å². The molecule has 0 radical (unpaired) electrons. The molecule has 0 aliphatic carbocycles. The lowest BCUT2D eigenvalue weighted by Gasteiger charge is -2.15. The maximum atomic E-state index is 4.55. The lowest BCUT2D eigenvalue weighted by atomic mass is 10.3. The quantitative estimate of drug-likeness (QED) is 0.720. The van der Waals surface area contributed by atoms with Gasteiger partial charge in [0.15, 0.2) is 0 Å². The number of hydrogen-bond acceptors (Lipinski definition) is 3. The molecular formula is C16H21N5. The average Bonchev–Trinajstić information content (AvgIpc) is 3.01. The van der Waals surface area contributed by atoms with Crippen LogP contribution in [0.15, 0.2) is 36.8 Å². The second-order valence-electron chi connectivity index (χ2n) is 5.55. The lowest BCUT2D eigenvalue weighted by Crippen LogP contribution is -2.22. The van der Waals surface area contributed by atoms with Crippen molar-refractivity contribution >= 4 is 11.0 Å². The van der Waals surface area contributed by atoms with Crippen LogP contribution in [0.25, 0.3) is 11.0 Å². The maximum Gasteiger partial charge on any atom is 0.105 e. The van der Waals surface area contributed by atoms with Crippen LogP contribution in [0.1, 0.15) is 11.5 Å². The molecule has 1 aromatic carbocycles. The zero-order chi connectivity index (χ0) is 14.8. The van der Waals surface area contributed by atoms with Crippen LogP contribution in [0.3, 0.4) is 0 Å². The first-order valence-electron chi connectivity index (χ1n) is 7.21. The Kier molecular flexibility index (Phi) is 3.75. The molecule has 2 aromatic heterocycles. The Labute approximate surface area is 124 Å². The summed E-state index contributed by atoms with van der Waals surface area (Å²) in [7, 11) is 4.16. The van der Waals surface area contributed by atoms with Crippen LogP contribution >= 0.6 is 0 Å². The summed E-state index contributed by atoms with van der Waals surface area (Å²) in [6, 6.07) is 8.24. The number of nitrogens with zero attached hydrogens (tertiary/aromatic N) is 5. The van der Waals surface area contributed by atoms with Gasteiger partial charge >= 0.3 is 0 Å². The molecule has 2 heterocycles. The summed E-state index contributed by atoms with van der Waals surface area (Å²) in [6.45, 7) is 4.80. The Bertz CT molecular complexity index is 721. The summed E-state index contributed by atoms with van der Waals surface area (Å²) >= 11 is 0. The summed E-state index contributed by atoms with van der Waals surface area (Å²) in [5.41, 5.74) is 3.37. The highest BCUT2D eigenvalue weighted by molar-refractivity contribution is 5.74. The first-order chi connectivity index (χ1) is 10.1. The van der Waals surface area contributed by atoms with E-state index in [1.165, 1.54) is 5.52 Å². The smallest absolute Gasteiger partial charge is 0.105 e. The normalized spacial score (nSPS) is 11.6. The van der Waals surface area contributed by atoms with E-state index in [-0.39, 0.29) is 0 Å². The molecule has 0 aliphatic heterocycles. The van der Waals surface area contributed by atoms with Crippen LogP contribution in [0.2, 0.25) is 0 Å². The van der Waals surface area contributed by atoms with Gasteiger partial charge in [0.1, 0.15) is 5.82 Å². The first-order valence-corrected chi connectivity index (χ1v) is 7.21. The fourth-order valence-corrected chi connectivity index (χ4v) is 2.53. The fourth-order valence-electron chi connectivity index (χ4n) is 2.53. The van der Waals surface area contributed by atoms with Crippen molar-refractivity contribution in [3.05, 3.63) is 48.3 Å². The first kappa shape index (κ1) is 13.8. The third-order valence-electron chi connectivity index (χ3n) is 3.84. The minimum atomic E-state index is 0.869. The number of benzene rings is 1. The number of rotatable bonds is 5. The Morgan fingerprint density at radius 3 is 2.81 bits per heavy atom. The Hall–Kier alpha value is -2.14. The van der Waals surface area contributed by atoms with E-state index in [2.05, 4.69) is 49.4 Å². The molecule has 0 spiro atoms. The van der Waals surface area contributed by atoms with E-state index in [0.717, 1.165) is 36.7 Å². The van der Waals surface area contributed by atoms with Gasteiger partial charge in [0, 0.05) is 32.9 Å². The van der Waals surface area contributed by atoms with Crippen molar-refractivity contribution in [2.24, 2.45) is 7.05 Å². The predicted octanol–water partition coefficient (Wildman–Crippen LogP) is 2.21. The molecule has 0 unspecified atom stereocenters. The van der Waals surface area contributed by atoms with Crippen molar-refractivity contribution in [1.29, 1.82) is 0 Å². The third kappa shape index (κ3) is 2.97. The number of aryl methyl sites for hydroxylation is 2. The van der Waals surface area contributed by atoms with Crippen molar-refractivity contribution < 1.29 is 0 Å². The minimum absolute atomic E-state index is 0.869. The molecule has 21 heavy (non-hydrogen) atoms. The van der Waals surface area contributed by atoms with Gasteiger partial charge in [-0.1, -0.05) is 12.1 Å². The molecule has 0 bridgehead atoms. The highest BCUT2D eigenvalue weighted by Crippen LogP contribution is 2.12. The molecule has 0 amide bonds. The molecule has 110 valence electrons. The highest BCUT2D eigenvalue weighted by Gasteiger charge is 2.06. The molecule has 0 atom stereocenters. The predicted molar refractivity (Wildman–Crippen MR) is 84.0 cm³/mol. The van der Waals surface area contributed by atoms with Crippen molar-refractivity contribution in [2.75, 3.05) is 13.6 Å². The summed E-state index contributed by atoms with van der Waals surface area (Å²) in [5, 5.41) is 0. The van der Waals surface area contributed by atoms with Gasteiger partial charge in [-0.15, -0.1) is 0 Å². The molecule has 0 saturated heterocycles. The number of likely N-dealkylation sites (N-methyl/N-ethyl adjacent to an activating group) is 1. The van der Waals surface area contributed by atoms with Gasteiger partial charge in [0.25, 0.3) is 0 Å².